The van der Waals surface area contributed by atoms with Crippen LogP contribution < -0.4 is 10.9 Å². The smallest absolute Gasteiger partial charge is 0.284 e. The van der Waals surface area contributed by atoms with Gasteiger partial charge in [-0.3, -0.25) is 4.79 Å². The molecule has 0 saturated heterocycles. The van der Waals surface area contributed by atoms with Gasteiger partial charge in [-0.2, -0.15) is 5.10 Å². The summed E-state index contributed by atoms with van der Waals surface area (Å²) in [6, 6.07) is 0.473. The molecule has 0 spiro atoms. The lowest BCUT2D eigenvalue weighted by molar-refractivity contribution is 0.659. The maximum Gasteiger partial charge on any atom is 0.284 e. The Bertz CT molecular complexity index is 517. The van der Waals surface area contributed by atoms with E-state index in [0.29, 0.717) is 10.5 Å². The van der Waals surface area contributed by atoms with E-state index in [1.165, 1.54) is 4.68 Å². The molecule has 1 aliphatic rings. The fourth-order valence-corrected chi connectivity index (χ4v) is 2.26. The van der Waals surface area contributed by atoms with Crippen molar-refractivity contribution in [3.8, 4) is 12.3 Å². The lowest BCUT2D eigenvalue weighted by Gasteiger charge is -2.08. The highest BCUT2D eigenvalue weighted by molar-refractivity contribution is 9.10. The highest BCUT2D eigenvalue weighted by Crippen LogP contribution is 2.36. The topological polar surface area (TPSA) is 46.9 Å². The summed E-state index contributed by atoms with van der Waals surface area (Å²) < 4.78 is 1.77. The van der Waals surface area contributed by atoms with Gasteiger partial charge >= 0.3 is 0 Å². The molecule has 1 aliphatic carbocycles. The Morgan fingerprint density at radius 1 is 1.76 bits per heavy atom. The number of terminal acetylenes is 1. The number of hydrogen-bond acceptors (Lipinski definition) is 3. The minimum atomic E-state index is -0.193. The first-order valence-electron chi connectivity index (χ1n) is 5.63. The Balaban J connectivity index is 2.17. The molecule has 1 aromatic rings. The molecule has 17 heavy (non-hydrogen) atoms. The van der Waals surface area contributed by atoms with E-state index in [1.54, 1.807) is 6.20 Å². The molecule has 4 nitrogen and oxygen atoms in total. The third-order valence-corrected chi connectivity index (χ3v) is 3.78. The number of rotatable bonds is 4. The van der Waals surface area contributed by atoms with Gasteiger partial charge in [-0.1, -0.05) is 19.3 Å². The molecule has 1 fully saturated rings. The first-order valence-corrected chi connectivity index (χ1v) is 6.42. The number of anilines is 1. The Hall–Kier alpha value is -1.28. The monoisotopic (exact) mass is 295 g/mol. The molecule has 0 bridgehead atoms. The van der Waals surface area contributed by atoms with Crippen molar-refractivity contribution in [1.29, 1.82) is 0 Å². The summed E-state index contributed by atoms with van der Waals surface area (Å²) in [6.07, 6.45) is 9.14. The Kier molecular flexibility index (Phi) is 3.53. The first-order chi connectivity index (χ1) is 8.17. The first kappa shape index (κ1) is 12.2. The van der Waals surface area contributed by atoms with Gasteiger partial charge < -0.3 is 5.32 Å². The molecule has 0 amide bonds. The van der Waals surface area contributed by atoms with Crippen LogP contribution in [0.1, 0.15) is 19.8 Å². The van der Waals surface area contributed by atoms with E-state index in [1.807, 2.05) is 0 Å². The molecule has 0 aromatic carbocycles. The normalized spacial score (nSPS) is 21.9. The van der Waals surface area contributed by atoms with Crippen LogP contribution in [-0.2, 0) is 6.54 Å². The van der Waals surface area contributed by atoms with Crippen molar-refractivity contribution in [1.82, 2.24) is 9.78 Å². The quantitative estimate of drug-likeness (QED) is 0.863. The zero-order valence-corrected chi connectivity index (χ0v) is 11.2. The van der Waals surface area contributed by atoms with Crippen LogP contribution in [0.4, 0.5) is 5.69 Å². The molecule has 1 heterocycles. The van der Waals surface area contributed by atoms with Crippen LogP contribution in [0.3, 0.4) is 0 Å². The van der Waals surface area contributed by atoms with Crippen molar-refractivity contribution >= 4 is 21.6 Å². The van der Waals surface area contributed by atoms with Crippen LogP contribution in [0.25, 0.3) is 0 Å². The van der Waals surface area contributed by atoms with E-state index in [9.17, 15) is 4.79 Å². The van der Waals surface area contributed by atoms with Crippen LogP contribution in [0.2, 0.25) is 0 Å². The largest absolute Gasteiger partial charge is 0.380 e. The van der Waals surface area contributed by atoms with Crippen LogP contribution in [0.15, 0.2) is 15.5 Å². The SMILES string of the molecule is C#CCn1ncc(NC2CC2CC)c(Br)c1=O. The van der Waals surface area contributed by atoms with Crippen LogP contribution in [0, 0.1) is 18.3 Å². The summed E-state index contributed by atoms with van der Waals surface area (Å²) in [5.74, 6) is 3.12. The predicted octanol–water partition coefficient (Wildman–Crippen LogP) is 1.85. The Morgan fingerprint density at radius 3 is 3.12 bits per heavy atom. The van der Waals surface area contributed by atoms with Gasteiger partial charge in [0.1, 0.15) is 11.0 Å². The van der Waals surface area contributed by atoms with Crippen molar-refractivity contribution in [3.63, 3.8) is 0 Å². The molecular weight excluding hydrogens is 282 g/mol. The highest BCUT2D eigenvalue weighted by Gasteiger charge is 2.35. The minimum absolute atomic E-state index is 0.193. The van der Waals surface area contributed by atoms with Gasteiger partial charge in [-0.15, -0.1) is 6.42 Å². The van der Waals surface area contributed by atoms with Gasteiger partial charge in [0.05, 0.1) is 11.9 Å². The number of nitrogens with zero attached hydrogens (tertiary/aromatic N) is 2. The predicted molar refractivity (Wildman–Crippen MR) is 70.8 cm³/mol. The lowest BCUT2D eigenvalue weighted by atomic mass is 10.3. The molecule has 0 aliphatic heterocycles. The van der Waals surface area contributed by atoms with E-state index >= 15 is 0 Å². The summed E-state index contributed by atoms with van der Waals surface area (Å²) in [4.78, 5) is 11.9. The van der Waals surface area contributed by atoms with Crippen molar-refractivity contribution in [3.05, 3.63) is 21.0 Å². The lowest BCUT2D eigenvalue weighted by Crippen LogP contribution is -2.24. The third kappa shape index (κ3) is 2.52. The van der Waals surface area contributed by atoms with E-state index in [0.717, 1.165) is 24.4 Å². The average molecular weight is 296 g/mol. The van der Waals surface area contributed by atoms with Gasteiger partial charge in [0, 0.05) is 6.04 Å². The van der Waals surface area contributed by atoms with Gasteiger partial charge in [0.2, 0.25) is 0 Å². The molecule has 0 radical (unpaired) electrons. The van der Waals surface area contributed by atoms with Crippen LogP contribution in [-0.4, -0.2) is 15.8 Å². The minimum Gasteiger partial charge on any atom is -0.380 e. The summed E-state index contributed by atoms with van der Waals surface area (Å²) in [6.45, 7) is 2.36. The summed E-state index contributed by atoms with van der Waals surface area (Å²) >= 11 is 3.29. The molecule has 90 valence electrons. The second-order valence-corrected chi connectivity index (χ2v) is 4.99. The van der Waals surface area contributed by atoms with E-state index < -0.39 is 0 Å². The van der Waals surface area contributed by atoms with Gasteiger partial charge in [0.15, 0.2) is 0 Å². The zero-order chi connectivity index (χ0) is 12.4. The Labute approximate surface area is 109 Å². The van der Waals surface area contributed by atoms with E-state index in [2.05, 4.69) is 39.2 Å². The molecule has 1 saturated carbocycles. The van der Waals surface area contributed by atoms with Crippen molar-refractivity contribution < 1.29 is 0 Å². The van der Waals surface area contributed by atoms with E-state index in [4.69, 9.17) is 6.42 Å². The second kappa shape index (κ2) is 4.92. The standard InChI is InChI=1S/C12H14BrN3O/c1-3-5-16-12(17)11(13)10(7-14-16)15-9-6-8(9)4-2/h1,7-9,15H,4-6H2,2H3. The third-order valence-electron chi connectivity index (χ3n) is 3.01. The summed E-state index contributed by atoms with van der Waals surface area (Å²) in [5, 5.41) is 7.35. The number of aromatic nitrogens is 2. The molecule has 2 rings (SSSR count). The van der Waals surface area contributed by atoms with Crippen molar-refractivity contribution in [2.75, 3.05) is 5.32 Å². The fraction of sp³-hybridized carbons (Fsp3) is 0.500. The van der Waals surface area contributed by atoms with Crippen molar-refractivity contribution in [2.45, 2.75) is 32.4 Å². The maximum absolute atomic E-state index is 11.9. The summed E-state index contributed by atoms with van der Waals surface area (Å²) in [7, 11) is 0. The van der Waals surface area contributed by atoms with Gasteiger partial charge in [-0.25, -0.2) is 4.68 Å². The van der Waals surface area contributed by atoms with Crippen LogP contribution >= 0.6 is 15.9 Å². The van der Waals surface area contributed by atoms with Gasteiger partial charge in [0.25, 0.3) is 5.56 Å². The average Bonchev–Trinajstić information content (AvgIpc) is 3.07. The fourth-order valence-electron chi connectivity index (χ4n) is 1.84. The molecule has 1 N–H and O–H groups in total. The maximum atomic E-state index is 11.9. The Morgan fingerprint density at radius 2 is 2.53 bits per heavy atom. The second-order valence-electron chi connectivity index (χ2n) is 4.19. The zero-order valence-electron chi connectivity index (χ0n) is 9.61. The number of nitrogens with one attached hydrogen (secondary N) is 1. The molecular formula is C12H14BrN3O. The summed E-state index contributed by atoms with van der Waals surface area (Å²) in [5.41, 5.74) is 0.561. The van der Waals surface area contributed by atoms with Gasteiger partial charge in [-0.05, 0) is 28.3 Å². The molecule has 2 atom stereocenters. The van der Waals surface area contributed by atoms with E-state index in [-0.39, 0.29) is 12.1 Å². The van der Waals surface area contributed by atoms with Crippen molar-refractivity contribution in [2.24, 2.45) is 5.92 Å². The molecule has 5 heteroatoms. The molecule has 1 aromatic heterocycles. The highest BCUT2D eigenvalue weighted by atomic mass is 79.9. The molecule has 2 unspecified atom stereocenters. The van der Waals surface area contributed by atoms with Crippen LogP contribution in [0.5, 0.6) is 0 Å². The number of halogens is 1. The number of hydrogen-bond donors (Lipinski definition) is 1.